The van der Waals surface area contributed by atoms with Crippen LogP contribution >= 0.6 is 0 Å². The number of halogens is 4. The SMILES string of the molecule is C[C@@H]1CN(Cc2cccc(OC(F)(F)F)c2F)CCN1. The molecule has 0 spiro atoms. The summed E-state index contributed by atoms with van der Waals surface area (Å²) in [6, 6.07) is 4.10. The van der Waals surface area contributed by atoms with E-state index in [4.69, 9.17) is 0 Å². The molecule has 1 aromatic rings. The molecule has 1 aliphatic rings. The summed E-state index contributed by atoms with van der Waals surface area (Å²) >= 11 is 0. The third kappa shape index (κ3) is 4.08. The van der Waals surface area contributed by atoms with E-state index < -0.39 is 17.9 Å². The summed E-state index contributed by atoms with van der Waals surface area (Å²) in [7, 11) is 0. The Kier molecular flexibility index (Phi) is 4.49. The molecule has 20 heavy (non-hydrogen) atoms. The summed E-state index contributed by atoms with van der Waals surface area (Å²) in [5.74, 6) is -1.73. The Balaban J connectivity index is 2.10. The topological polar surface area (TPSA) is 24.5 Å². The molecule has 1 aliphatic heterocycles. The van der Waals surface area contributed by atoms with Crippen LogP contribution in [0.25, 0.3) is 0 Å². The zero-order valence-electron chi connectivity index (χ0n) is 11.0. The zero-order valence-corrected chi connectivity index (χ0v) is 11.0. The number of hydrogen-bond donors (Lipinski definition) is 1. The molecule has 1 aromatic carbocycles. The molecular weight excluding hydrogens is 276 g/mol. The number of alkyl halides is 3. The van der Waals surface area contributed by atoms with Crippen molar-refractivity contribution in [3.63, 3.8) is 0 Å². The molecule has 112 valence electrons. The van der Waals surface area contributed by atoms with Crippen LogP contribution < -0.4 is 10.1 Å². The fraction of sp³-hybridized carbons (Fsp3) is 0.538. The summed E-state index contributed by atoms with van der Waals surface area (Å²) in [5, 5.41) is 3.25. The van der Waals surface area contributed by atoms with E-state index in [1.54, 1.807) is 0 Å². The zero-order chi connectivity index (χ0) is 14.8. The molecule has 0 radical (unpaired) electrons. The van der Waals surface area contributed by atoms with Crippen LogP contribution in [0.4, 0.5) is 17.6 Å². The number of rotatable bonds is 3. The molecule has 0 amide bonds. The first-order valence-corrected chi connectivity index (χ1v) is 6.34. The average Bonchev–Trinajstić information content (AvgIpc) is 2.33. The molecular formula is C13H16F4N2O. The molecule has 3 nitrogen and oxygen atoms in total. The van der Waals surface area contributed by atoms with E-state index >= 15 is 0 Å². The van der Waals surface area contributed by atoms with Gasteiger partial charge in [-0.05, 0) is 13.0 Å². The van der Waals surface area contributed by atoms with Gasteiger partial charge in [-0.2, -0.15) is 0 Å². The normalized spacial score (nSPS) is 20.9. The minimum atomic E-state index is -4.89. The molecule has 0 aliphatic carbocycles. The summed E-state index contributed by atoms with van der Waals surface area (Å²) in [6.07, 6.45) is -4.89. The first-order valence-electron chi connectivity index (χ1n) is 6.34. The maximum atomic E-state index is 14.0. The number of ether oxygens (including phenoxy) is 1. The molecule has 1 N–H and O–H groups in total. The predicted octanol–water partition coefficient (Wildman–Crippen LogP) is 2.52. The maximum absolute atomic E-state index is 14.0. The highest BCUT2D eigenvalue weighted by molar-refractivity contribution is 5.31. The molecule has 0 saturated carbocycles. The highest BCUT2D eigenvalue weighted by Crippen LogP contribution is 2.27. The summed E-state index contributed by atoms with van der Waals surface area (Å²) in [6.45, 7) is 4.51. The lowest BCUT2D eigenvalue weighted by Gasteiger charge is -2.31. The van der Waals surface area contributed by atoms with Gasteiger partial charge < -0.3 is 10.1 Å². The summed E-state index contributed by atoms with van der Waals surface area (Å²) in [4.78, 5) is 2.00. The number of benzene rings is 1. The van der Waals surface area contributed by atoms with E-state index in [0.717, 1.165) is 25.7 Å². The van der Waals surface area contributed by atoms with Gasteiger partial charge in [-0.1, -0.05) is 12.1 Å². The third-order valence-electron chi connectivity index (χ3n) is 3.12. The molecule has 1 saturated heterocycles. The van der Waals surface area contributed by atoms with Gasteiger partial charge in [0.1, 0.15) is 0 Å². The Morgan fingerprint density at radius 1 is 1.40 bits per heavy atom. The fourth-order valence-electron chi connectivity index (χ4n) is 2.28. The Hall–Kier alpha value is -1.34. The Labute approximate surface area is 114 Å². The second-order valence-corrected chi connectivity index (χ2v) is 4.87. The first-order chi connectivity index (χ1) is 9.35. The van der Waals surface area contributed by atoms with Crippen LogP contribution in [-0.2, 0) is 6.54 Å². The Bertz CT molecular complexity index is 464. The number of piperazine rings is 1. The monoisotopic (exact) mass is 292 g/mol. The third-order valence-corrected chi connectivity index (χ3v) is 3.12. The maximum Gasteiger partial charge on any atom is 0.573 e. The van der Waals surface area contributed by atoms with Crippen molar-refractivity contribution in [3.8, 4) is 5.75 Å². The second-order valence-electron chi connectivity index (χ2n) is 4.87. The number of hydrogen-bond acceptors (Lipinski definition) is 3. The summed E-state index contributed by atoms with van der Waals surface area (Å²) in [5.41, 5.74) is 0.209. The van der Waals surface area contributed by atoms with Crippen molar-refractivity contribution in [2.24, 2.45) is 0 Å². The standard InChI is InChI=1S/C13H16F4N2O/c1-9-7-19(6-5-18-9)8-10-3-2-4-11(12(10)14)20-13(15,16)17/h2-4,9,18H,5-8H2,1H3/t9-/m1/s1. The lowest BCUT2D eigenvalue weighted by molar-refractivity contribution is -0.275. The molecule has 2 rings (SSSR count). The van der Waals surface area contributed by atoms with E-state index in [9.17, 15) is 17.6 Å². The van der Waals surface area contributed by atoms with E-state index in [0.29, 0.717) is 0 Å². The van der Waals surface area contributed by atoms with Crippen LogP contribution in [0, 0.1) is 5.82 Å². The van der Waals surface area contributed by atoms with Gasteiger partial charge in [-0.25, -0.2) is 4.39 Å². The van der Waals surface area contributed by atoms with Crippen LogP contribution in [0.1, 0.15) is 12.5 Å². The van der Waals surface area contributed by atoms with E-state index in [2.05, 4.69) is 10.1 Å². The van der Waals surface area contributed by atoms with Crippen LogP contribution in [0.2, 0.25) is 0 Å². The van der Waals surface area contributed by atoms with Gasteiger partial charge in [-0.15, -0.1) is 13.2 Å². The van der Waals surface area contributed by atoms with Crippen molar-refractivity contribution in [3.05, 3.63) is 29.6 Å². The second kappa shape index (κ2) is 5.97. The van der Waals surface area contributed by atoms with Crippen LogP contribution in [-0.4, -0.2) is 36.9 Å². The van der Waals surface area contributed by atoms with Crippen molar-refractivity contribution in [1.29, 1.82) is 0 Å². The smallest absolute Gasteiger partial charge is 0.403 e. The van der Waals surface area contributed by atoms with Crippen LogP contribution in [0.15, 0.2) is 18.2 Å². The predicted molar refractivity (Wildman–Crippen MR) is 65.8 cm³/mol. The molecule has 0 aromatic heterocycles. The molecule has 1 fully saturated rings. The molecule has 1 heterocycles. The number of nitrogens with one attached hydrogen (secondary N) is 1. The molecule has 0 bridgehead atoms. The molecule has 7 heteroatoms. The summed E-state index contributed by atoms with van der Waals surface area (Å²) < 4.78 is 54.1. The van der Waals surface area contributed by atoms with Gasteiger partial charge in [0.15, 0.2) is 11.6 Å². The lowest BCUT2D eigenvalue weighted by Crippen LogP contribution is -2.48. The largest absolute Gasteiger partial charge is 0.573 e. The quantitative estimate of drug-likeness (QED) is 0.866. The fourth-order valence-corrected chi connectivity index (χ4v) is 2.28. The van der Waals surface area contributed by atoms with Gasteiger partial charge in [0.2, 0.25) is 0 Å². The highest BCUT2D eigenvalue weighted by Gasteiger charge is 2.32. The van der Waals surface area contributed by atoms with Crippen molar-refractivity contribution in [1.82, 2.24) is 10.2 Å². The van der Waals surface area contributed by atoms with E-state index in [-0.39, 0.29) is 18.2 Å². The highest BCUT2D eigenvalue weighted by atomic mass is 19.4. The van der Waals surface area contributed by atoms with Crippen molar-refractivity contribution in [2.75, 3.05) is 19.6 Å². The van der Waals surface area contributed by atoms with E-state index in [1.807, 2.05) is 11.8 Å². The first kappa shape index (κ1) is 15.1. The average molecular weight is 292 g/mol. The Morgan fingerprint density at radius 2 is 2.15 bits per heavy atom. The molecule has 1 atom stereocenters. The Morgan fingerprint density at radius 3 is 2.80 bits per heavy atom. The van der Waals surface area contributed by atoms with Crippen molar-refractivity contribution < 1.29 is 22.3 Å². The van der Waals surface area contributed by atoms with Crippen molar-refractivity contribution >= 4 is 0 Å². The minimum absolute atomic E-state index is 0.209. The van der Waals surface area contributed by atoms with Gasteiger partial charge in [0.25, 0.3) is 0 Å². The van der Waals surface area contributed by atoms with E-state index in [1.165, 1.54) is 12.1 Å². The minimum Gasteiger partial charge on any atom is -0.403 e. The van der Waals surface area contributed by atoms with Crippen LogP contribution in [0.5, 0.6) is 5.75 Å². The van der Waals surface area contributed by atoms with Gasteiger partial charge in [0, 0.05) is 37.8 Å². The van der Waals surface area contributed by atoms with Gasteiger partial charge in [0.05, 0.1) is 0 Å². The van der Waals surface area contributed by atoms with Crippen LogP contribution in [0.3, 0.4) is 0 Å². The molecule has 0 unspecified atom stereocenters. The number of nitrogens with zero attached hydrogens (tertiary/aromatic N) is 1. The lowest BCUT2D eigenvalue weighted by atomic mass is 10.1. The van der Waals surface area contributed by atoms with Crippen molar-refractivity contribution in [2.45, 2.75) is 25.9 Å². The van der Waals surface area contributed by atoms with Gasteiger partial charge in [-0.3, -0.25) is 4.90 Å². The van der Waals surface area contributed by atoms with Gasteiger partial charge >= 0.3 is 6.36 Å².